The highest BCUT2D eigenvalue weighted by molar-refractivity contribution is 7.84. The van der Waals surface area contributed by atoms with E-state index in [0.717, 1.165) is 10.5 Å². The zero-order chi connectivity index (χ0) is 13.1. The van der Waals surface area contributed by atoms with Gasteiger partial charge in [0.1, 0.15) is 0 Å². The van der Waals surface area contributed by atoms with Crippen LogP contribution in [0.5, 0.6) is 0 Å². The van der Waals surface area contributed by atoms with Crippen molar-refractivity contribution in [1.82, 2.24) is 0 Å². The molecule has 0 fully saturated rings. The Kier molecular flexibility index (Phi) is 3.43. The van der Waals surface area contributed by atoms with Gasteiger partial charge in [-0.25, -0.2) is 0 Å². The van der Waals surface area contributed by atoms with Crippen LogP contribution in [0, 0.1) is 0 Å². The molecule has 0 spiro atoms. The van der Waals surface area contributed by atoms with Crippen LogP contribution in [0.2, 0.25) is 0 Å². The van der Waals surface area contributed by atoms with Gasteiger partial charge in [-0.3, -0.25) is 4.21 Å². The van der Waals surface area contributed by atoms with Crippen molar-refractivity contribution in [2.24, 2.45) is 0 Å². The molecule has 0 heterocycles. The molecule has 0 unspecified atom stereocenters. The molecule has 0 aliphatic carbocycles. The minimum absolute atomic E-state index is 0.564. The maximum atomic E-state index is 12.3. The molecule has 94 valence electrons. The van der Waals surface area contributed by atoms with Crippen molar-refractivity contribution in [1.29, 1.82) is 0 Å². The van der Waals surface area contributed by atoms with E-state index in [1.54, 1.807) is 0 Å². The number of rotatable bonds is 3. The van der Waals surface area contributed by atoms with Crippen LogP contribution >= 0.6 is 0 Å². The van der Waals surface area contributed by atoms with Gasteiger partial charge in [0.05, 0.1) is 16.6 Å². The molecule has 0 aliphatic rings. The highest BCUT2D eigenvalue weighted by Crippen LogP contribution is 2.18. The van der Waals surface area contributed by atoms with Crippen molar-refractivity contribution in [3.63, 3.8) is 0 Å². The van der Waals surface area contributed by atoms with Gasteiger partial charge < -0.3 is 0 Å². The summed E-state index contributed by atoms with van der Waals surface area (Å²) in [5, 5.41) is 2.42. The average molecular weight is 266 g/mol. The maximum absolute atomic E-state index is 12.3. The summed E-state index contributed by atoms with van der Waals surface area (Å²) in [6.07, 6.45) is 0. The minimum atomic E-state index is -0.977. The Morgan fingerprint density at radius 1 is 0.737 bits per heavy atom. The first-order chi connectivity index (χ1) is 9.33. The SMILES string of the molecule is O=[S@@](Cc1ccc2ccccc2c1)c1ccccc1. The van der Waals surface area contributed by atoms with Crippen LogP contribution in [-0.4, -0.2) is 4.21 Å². The fraction of sp³-hybridized carbons (Fsp3) is 0.0588. The van der Waals surface area contributed by atoms with Crippen LogP contribution in [0.25, 0.3) is 10.8 Å². The van der Waals surface area contributed by atoms with Crippen LogP contribution in [0.4, 0.5) is 0 Å². The number of fused-ring (bicyclic) bond motifs is 1. The molecule has 2 heteroatoms. The summed E-state index contributed by atoms with van der Waals surface area (Å²) >= 11 is 0. The lowest BCUT2D eigenvalue weighted by atomic mass is 10.1. The van der Waals surface area contributed by atoms with Gasteiger partial charge in [-0.1, -0.05) is 60.7 Å². The summed E-state index contributed by atoms with van der Waals surface area (Å²) in [6, 6.07) is 24.1. The van der Waals surface area contributed by atoms with Gasteiger partial charge in [-0.05, 0) is 28.5 Å². The van der Waals surface area contributed by atoms with Gasteiger partial charge in [-0.2, -0.15) is 0 Å². The third-order valence-corrected chi connectivity index (χ3v) is 4.51. The van der Waals surface area contributed by atoms with Crippen molar-refractivity contribution in [3.8, 4) is 0 Å². The summed E-state index contributed by atoms with van der Waals surface area (Å²) in [4.78, 5) is 0.885. The second kappa shape index (κ2) is 5.37. The molecule has 1 atom stereocenters. The largest absolute Gasteiger partial charge is 0.254 e. The predicted octanol–water partition coefficient (Wildman–Crippen LogP) is 4.15. The van der Waals surface area contributed by atoms with E-state index < -0.39 is 10.8 Å². The lowest BCUT2D eigenvalue weighted by Crippen LogP contribution is -1.96. The molecule has 19 heavy (non-hydrogen) atoms. The Morgan fingerprint density at radius 3 is 2.21 bits per heavy atom. The van der Waals surface area contributed by atoms with E-state index in [1.165, 1.54) is 10.8 Å². The zero-order valence-corrected chi connectivity index (χ0v) is 11.3. The standard InChI is InChI=1S/C17H14OS/c18-19(17-8-2-1-3-9-17)13-14-10-11-15-6-4-5-7-16(15)12-14/h1-12H,13H2/t19-/m0/s1. The number of hydrogen-bond acceptors (Lipinski definition) is 1. The molecule has 0 amide bonds. The molecule has 1 nitrogen and oxygen atoms in total. The second-order valence-electron chi connectivity index (χ2n) is 4.48. The molecule has 0 saturated heterocycles. The zero-order valence-electron chi connectivity index (χ0n) is 10.5. The van der Waals surface area contributed by atoms with Crippen LogP contribution in [-0.2, 0) is 16.6 Å². The van der Waals surface area contributed by atoms with Crippen LogP contribution in [0.15, 0.2) is 77.7 Å². The van der Waals surface area contributed by atoms with Crippen LogP contribution < -0.4 is 0 Å². The predicted molar refractivity (Wildman–Crippen MR) is 80.5 cm³/mol. The third kappa shape index (κ3) is 2.74. The van der Waals surface area contributed by atoms with Crippen molar-refractivity contribution < 1.29 is 4.21 Å². The first-order valence-electron chi connectivity index (χ1n) is 6.24. The van der Waals surface area contributed by atoms with Crippen molar-refractivity contribution in [2.45, 2.75) is 10.6 Å². The maximum Gasteiger partial charge on any atom is 0.0574 e. The van der Waals surface area contributed by atoms with Gasteiger partial charge >= 0.3 is 0 Å². The summed E-state index contributed by atoms with van der Waals surface area (Å²) in [5.74, 6) is 0.564. The first-order valence-corrected chi connectivity index (χ1v) is 7.56. The summed E-state index contributed by atoms with van der Waals surface area (Å²) in [7, 11) is -0.977. The monoisotopic (exact) mass is 266 g/mol. The molecular weight excluding hydrogens is 252 g/mol. The van der Waals surface area contributed by atoms with Gasteiger partial charge in [0.2, 0.25) is 0 Å². The average Bonchev–Trinajstić information content (AvgIpc) is 2.48. The van der Waals surface area contributed by atoms with Gasteiger partial charge in [0, 0.05) is 4.90 Å². The normalized spacial score (nSPS) is 12.4. The smallest absolute Gasteiger partial charge is 0.0574 e. The molecule has 0 N–H and O–H groups in total. The van der Waals surface area contributed by atoms with Gasteiger partial charge in [-0.15, -0.1) is 0 Å². The summed E-state index contributed by atoms with van der Waals surface area (Å²) in [5.41, 5.74) is 1.11. The summed E-state index contributed by atoms with van der Waals surface area (Å²) in [6.45, 7) is 0. The van der Waals surface area contributed by atoms with Gasteiger partial charge in [0.25, 0.3) is 0 Å². The number of hydrogen-bond donors (Lipinski definition) is 0. The van der Waals surface area contributed by atoms with E-state index in [-0.39, 0.29) is 0 Å². The molecule has 3 aromatic rings. The quantitative estimate of drug-likeness (QED) is 0.696. The fourth-order valence-corrected chi connectivity index (χ4v) is 3.25. The molecule has 3 aromatic carbocycles. The molecule has 0 radical (unpaired) electrons. The van der Waals surface area contributed by atoms with Crippen molar-refractivity contribution in [2.75, 3.05) is 0 Å². The molecule has 0 saturated carbocycles. The third-order valence-electron chi connectivity index (χ3n) is 3.12. The highest BCUT2D eigenvalue weighted by atomic mass is 32.2. The lowest BCUT2D eigenvalue weighted by Gasteiger charge is -2.04. The van der Waals surface area contributed by atoms with E-state index in [9.17, 15) is 4.21 Å². The Hall–Kier alpha value is -1.93. The van der Waals surface area contributed by atoms with E-state index >= 15 is 0 Å². The highest BCUT2D eigenvalue weighted by Gasteiger charge is 2.05. The van der Waals surface area contributed by atoms with Crippen LogP contribution in [0.3, 0.4) is 0 Å². The lowest BCUT2D eigenvalue weighted by molar-refractivity contribution is 0.682. The summed E-state index contributed by atoms with van der Waals surface area (Å²) < 4.78 is 12.3. The van der Waals surface area contributed by atoms with E-state index in [0.29, 0.717) is 5.75 Å². The molecular formula is C17H14OS. The minimum Gasteiger partial charge on any atom is -0.254 e. The molecule has 0 aromatic heterocycles. The van der Waals surface area contributed by atoms with E-state index in [2.05, 4.69) is 30.3 Å². The van der Waals surface area contributed by atoms with Crippen LogP contribution in [0.1, 0.15) is 5.56 Å². The molecule has 3 rings (SSSR count). The Labute approximate surface area is 115 Å². The van der Waals surface area contributed by atoms with E-state index in [1.807, 2.05) is 42.5 Å². The Bertz CT molecular complexity index is 719. The fourth-order valence-electron chi connectivity index (χ4n) is 2.14. The molecule has 0 bridgehead atoms. The first kappa shape index (κ1) is 12.1. The molecule has 0 aliphatic heterocycles. The Morgan fingerprint density at radius 2 is 1.42 bits per heavy atom. The van der Waals surface area contributed by atoms with Crippen molar-refractivity contribution >= 4 is 21.6 Å². The topological polar surface area (TPSA) is 17.1 Å². The van der Waals surface area contributed by atoms with Crippen molar-refractivity contribution in [3.05, 3.63) is 78.4 Å². The van der Waals surface area contributed by atoms with Gasteiger partial charge in [0.15, 0.2) is 0 Å². The second-order valence-corrected chi connectivity index (χ2v) is 5.94. The van der Waals surface area contributed by atoms with E-state index in [4.69, 9.17) is 0 Å². The Balaban J connectivity index is 1.87. The number of benzene rings is 3.